The minimum Gasteiger partial charge on any atom is -0.481 e. The van der Waals surface area contributed by atoms with E-state index in [4.69, 9.17) is 5.11 Å². The molecule has 0 heterocycles. The SMILES string of the molecule is CN(CCC(=O)O)C(=O)c1ccc(F)c(F)c1. The number of hydrogen-bond acceptors (Lipinski definition) is 2. The van der Waals surface area contributed by atoms with Gasteiger partial charge in [-0.3, -0.25) is 9.59 Å². The van der Waals surface area contributed by atoms with Gasteiger partial charge in [0.2, 0.25) is 0 Å². The second kappa shape index (κ2) is 5.38. The third kappa shape index (κ3) is 3.51. The van der Waals surface area contributed by atoms with Gasteiger partial charge in [0.1, 0.15) is 0 Å². The number of amides is 1. The molecule has 4 nitrogen and oxygen atoms in total. The molecule has 0 atom stereocenters. The Kier molecular flexibility index (Phi) is 4.14. The predicted octanol–water partition coefficient (Wildman–Crippen LogP) is 1.51. The lowest BCUT2D eigenvalue weighted by atomic mass is 10.2. The molecule has 17 heavy (non-hydrogen) atoms. The van der Waals surface area contributed by atoms with Crippen LogP contribution in [0.15, 0.2) is 18.2 Å². The highest BCUT2D eigenvalue weighted by Gasteiger charge is 2.14. The van der Waals surface area contributed by atoms with Gasteiger partial charge in [0, 0.05) is 19.2 Å². The van der Waals surface area contributed by atoms with Crippen LogP contribution in [0, 0.1) is 11.6 Å². The van der Waals surface area contributed by atoms with Crippen molar-refractivity contribution in [2.24, 2.45) is 0 Å². The zero-order chi connectivity index (χ0) is 13.0. The number of carbonyl (C=O) groups is 2. The van der Waals surface area contributed by atoms with Crippen molar-refractivity contribution in [1.82, 2.24) is 4.90 Å². The number of rotatable bonds is 4. The van der Waals surface area contributed by atoms with E-state index in [1.165, 1.54) is 7.05 Å². The fraction of sp³-hybridized carbons (Fsp3) is 0.273. The average molecular weight is 243 g/mol. The lowest BCUT2D eigenvalue weighted by Gasteiger charge is -2.15. The van der Waals surface area contributed by atoms with Gasteiger partial charge in [-0.15, -0.1) is 0 Å². The number of benzene rings is 1. The van der Waals surface area contributed by atoms with Gasteiger partial charge in [-0.05, 0) is 18.2 Å². The molecule has 0 saturated heterocycles. The van der Waals surface area contributed by atoms with Crippen LogP contribution in [-0.2, 0) is 4.79 Å². The molecule has 1 aromatic rings. The highest BCUT2D eigenvalue weighted by atomic mass is 19.2. The van der Waals surface area contributed by atoms with Gasteiger partial charge in [-0.2, -0.15) is 0 Å². The number of carbonyl (C=O) groups excluding carboxylic acids is 1. The zero-order valence-electron chi connectivity index (χ0n) is 9.11. The molecule has 0 saturated carbocycles. The summed E-state index contributed by atoms with van der Waals surface area (Å²) in [4.78, 5) is 23.1. The largest absolute Gasteiger partial charge is 0.481 e. The molecule has 0 bridgehead atoms. The van der Waals surface area contributed by atoms with Gasteiger partial charge < -0.3 is 10.0 Å². The van der Waals surface area contributed by atoms with Gasteiger partial charge in [0.15, 0.2) is 11.6 Å². The van der Waals surface area contributed by atoms with E-state index < -0.39 is 23.5 Å². The molecular formula is C11H11F2NO3. The Balaban J connectivity index is 2.74. The van der Waals surface area contributed by atoms with Crippen molar-refractivity contribution in [2.45, 2.75) is 6.42 Å². The first-order valence-electron chi connectivity index (χ1n) is 4.84. The molecule has 0 radical (unpaired) electrons. The summed E-state index contributed by atoms with van der Waals surface area (Å²) in [6.07, 6.45) is -0.202. The third-order valence-electron chi connectivity index (χ3n) is 2.17. The van der Waals surface area contributed by atoms with Crippen LogP contribution >= 0.6 is 0 Å². The van der Waals surface area contributed by atoms with Crippen LogP contribution in [0.2, 0.25) is 0 Å². The predicted molar refractivity (Wildman–Crippen MR) is 55.6 cm³/mol. The van der Waals surface area contributed by atoms with E-state index in [2.05, 4.69) is 0 Å². The van der Waals surface area contributed by atoms with E-state index in [1.807, 2.05) is 0 Å². The molecular weight excluding hydrogens is 232 g/mol. The molecule has 0 aromatic heterocycles. The summed E-state index contributed by atoms with van der Waals surface area (Å²) in [5.74, 6) is -3.72. The van der Waals surface area contributed by atoms with E-state index in [0.717, 1.165) is 23.1 Å². The van der Waals surface area contributed by atoms with Crippen molar-refractivity contribution in [2.75, 3.05) is 13.6 Å². The van der Waals surface area contributed by atoms with Gasteiger partial charge in [0.25, 0.3) is 5.91 Å². The maximum Gasteiger partial charge on any atom is 0.305 e. The summed E-state index contributed by atoms with van der Waals surface area (Å²) < 4.78 is 25.5. The molecule has 0 aliphatic rings. The summed E-state index contributed by atoms with van der Waals surface area (Å²) in [6.45, 7) is 0.00711. The summed E-state index contributed by atoms with van der Waals surface area (Å²) >= 11 is 0. The van der Waals surface area contributed by atoms with Gasteiger partial charge in [-0.1, -0.05) is 0 Å². The second-order valence-electron chi connectivity index (χ2n) is 3.50. The van der Waals surface area contributed by atoms with E-state index in [9.17, 15) is 18.4 Å². The quantitative estimate of drug-likeness (QED) is 0.872. The summed E-state index contributed by atoms with van der Waals surface area (Å²) in [5, 5.41) is 8.45. The Morgan fingerprint density at radius 2 is 1.94 bits per heavy atom. The Hall–Kier alpha value is -1.98. The van der Waals surface area contributed by atoms with E-state index in [-0.39, 0.29) is 18.5 Å². The highest BCUT2D eigenvalue weighted by Crippen LogP contribution is 2.10. The summed E-state index contributed by atoms with van der Waals surface area (Å²) in [7, 11) is 1.40. The molecule has 92 valence electrons. The van der Waals surface area contributed by atoms with Crippen LogP contribution in [0.3, 0.4) is 0 Å². The molecule has 0 aliphatic heterocycles. The van der Waals surface area contributed by atoms with Crippen LogP contribution in [0.1, 0.15) is 16.8 Å². The first kappa shape index (κ1) is 13.1. The Morgan fingerprint density at radius 3 is 2.47 bits per heavy atom. The van der Waals surface area contributed by atoms with Crippen LogP contribution in [0.4, 0.5) is 8.78 Å². The topological polar surface area (TPSA) is 57.6 Å². The standard InChI is InChI=1S/C11H11F2NO3/c1-14(5-4-10(15)16)11(17)7-2-3-8(12)9(13)6-7/h2-3,6H,4-5H2,1H3,(H,15,16). The molecule has 1 amide bonds. The van der Waals surface area contributed by atoms with Crippen molar-refractivity contribution < 1.29 is 23.5 Å². The molecule has 1 aromatic carbocycles. The van der Waals surface area contributed by atoms with Crippen LogP contribution < -0.4 is 0 Å². The van der Waals surface area contributed by atoms with Crippen LogP contribution in [0.25, 0.3) is 0 Å². The molecule has 0 spiro atoms. The van der Waals surface area contributed by atoms with Crippen LogP contribution in [-0.4, -0.2) is 35.5 Å². The fourth-order valence-electron chi connectivity index (χ4n) is 1.21. The smallest absolute Gasteiger partial charge is 0.305 e. The normalized spacial score (nSPS) is 10.1. The highest BCUT2D eigenvalue weighted by molar-refractivity contribution is 5.94. The molecule has 0 fully saturated rings. The van der Waals surface area contributed by atoms with Crippen molar-refractivity contribution in [1.29, 1.82) is 0 Å². The first-order valence-corrected chi connectivity index (χ1v) is 4.84. The van der Waals surface area contributed by atoms with E-state index in [0.29, 0.717) is 0 Å². The molecule has 1 N–H and O–H groups in total. The van der Waals surface area contributed by atoms with E-state index in [1.54, 1.807) is 0 Å². The monoisotopic (exact) mass is 243 g/mol. The van der Waals surface area contributed by atoms with Gasteiger partial charge in [0.05, 0.1) is 6.42 Å². The molecule has 6 heteroatoms. The Morgan fingerprint density at radius 1 is 1.29 bits per heavy atom. The minimum absolute atomic E-state index is 0.00711. The number of nitrogens with zero attached hydrogens (tertiary/aromatic N) is 1. The fourth-order valence-corrected chi connectivity index (χ4v) is 1.21. The maximum absolute atomic E-state index is 12.9. The van der Waals surface area contributed by atoms with Crippen LogP contribution in [0.5, 0.6) is 0 Å². The van der Waals surface area contributed by atoms with E-state index >= 15 is 0 Å². The number of carboxylic acid groups (broad SMARTS) is 1. The molecule has 0 aliphatic carbocycles. The number of hydrogen-bond donors (Lipinski definition) is 1. The lowest BCUT2D eigenvalue weighted by molar-refractivity contribution is -0.137. The summed E-state index contributed by atoms with van der Waals surface area (Å²) in [5.41, 5.74) is -0.0169. The molecule has 0 unspecified atom stereocenters. The zero-order valence-corrected chi connectivity index (χ0v) is 9.11. The number of aliphatic carboxylic acids is 1. The lowest BCUT2D eigenvalue weighted by Crippen LogP contribution is -2.29. The van der Waals surface area contributed by atoms with Crippen molar-refractivity contribution in [3.8, 4) is 0 Å². The Bertz CT molecular complexity index is 448. The molecule has 1 rings (SSSR count). The Labute approximate surface area is 96.5 Å². The van der Waals surface area contributed by atoms with Crippen molar-refractivity contribution in [3.05, 3.63) is 35.4 Å². The number of halogens is 2. The average Bonchev–Trinajstić information content (AvgIpc) is 2.28. The number of carboxylic acids is 1. The van der Waals surface area contributed by atoms with Crippen molar-refractivity contribution in [3.63, 3.8) is 0 Å². The maximum atomic E-state index is 12.9. The minimum atomic E-state index is -1.11. The summed E-state index contributed by atoms with van der Waals surface area (Å²) in [6, 6.07) is 2.79. The first-order chi connectivity index (χ1) is 7.91. The van der Waals surface area contributed by atoms with Gasteiger partial charge in [-0.25, -0.2) is 8.78 Å². The second-order valence-corrected chi connectivity index (χ2v) is 3.50. The van der Waals surface area contributed by atoms with Gasteiger partial charge >= 0.3 is 5.97 Å². The third-order valence-corrected chi connectivity index (χ3v) is 2.17. The van der Waals surface area contributed by atoms with Crippen molar-refractivity contribution >= 4 is 11.9 Å².